The molecular formula is C22H19Cl2NO2. The predicted molar refractivity (Wildman–Crippen MR) is 110 cm³/mol. The third-order valence-electron chi connectivity index (χ3n) is 4.72. The molecule has 3 aromatic rings. The maximum atomic E-state index is 10.3. The largest absolute Gasteiger partial charge is 0.491 e. The van der Waals surface area contributed by atoms with E-state index in [0.717, 1.165) is 0 Å². The molecule has 27 heavy (non-hydrogen) atoms. The molecule has 0 heterocycles. The van der Waals surface area contributed by atoms with Crippen molar-refractivity contribution < 1.29 is 9.84 Å². The zero-order valence-corrected chi connectivity index (χ0v) is 16.0. The van der Waals surface area contributed by atoms with Crippen LogP contribution in [0.4, 0.5) is 0 Å². The Morgan fingerprint density at radius 1 is 0.889 bits per heavy atom. The van der Waals surface area contributed by atoms with E-state index in [1.54, 1.807) is 18.2 Å². The van der Waals surface area contributed by atoms with Crippen LogP contribution in [-0.4, -0.2) is 24.4 Å². The monoisotopic (exact) mass is 399 g/mol. The van der Waals surface area contributed by atoms with Gasteiger partial charge in [-0.2, -0.15) is 0 Å². The highest BCUT2D eigenvalue weighted by molar-refractivity contribution is 6.42. The summed E-state index contributed by atoms with van der Waals surface area (Å²) < 4.78 is 5.62. The van der Waals surface area contributed by atoms with Crippen molar-refractivity contribution in [3.8, 4) is 16.9 Å². The van der Waals surface area contributed by atoms with Gasteiger partial charge in [0, 0.05) is 12.6 Å². The smallest absolute Gasteiger partial charge is 0.121 e. The fourth-order valence-corrected chi connectivity index (χ4v) is 3.74. The van der Waals surface area contributed by atoms with Gasteiger partial charge in [0.15, 0.2) is 0 Å². The second-order valence-corrected chi connectivity index (χ2v) is 7.37. The Balaban J connectivity index is 1.40. The summed E-state index contributed by atoms with van der Waals surface area (Å²) in [5.74, 6) is 0.583. The van der Waals surface area contributed by atoms with E-state index < -0.39 is 6.10 Å². The molecule has 0 saturated carbocycles. The van der Waals surface area contributed by atoms with E-state index in [1.807, 2.05) is 12.1 Å². The molecule has 0 aromatic heterocycles. The molecule has 0 amide bonds. The highest BCUT2D eigenvalue weighted by atomic mass is 35.5. The summed E-state index contributed by atoms with van der Waals surface area (Å²) in [6.07, 6.45) is -0.653. The lowest BCUT2D eigenvalue weighted by Crippen LogP contribution is -2.33. The average Bonchev–Trinajstić information content (AvgIpc) is 3.01. The molecular weight excluding hydrogens is 381 g/mol. The van der Waals surface area contributed by atoms with Crippen LogP contribution in [0.1, 0.15) is 17.2 Å². The van der Waals surface area contributed by atoms with Gasteiger partial charge < -0.3 is 15.2 Å². The number of fused-ring (bicyclic) bond motifs is 3. The summed E-state index contributed by atoms with van der Waals surface area (Å²) >= 11 is 11.9. The molecule has 1 atom stereocenters. The SMILES string of the molecule is OC(CNC1c2ccccc2-c2ccccc21)COc1ccc(Cl)c(Cl)c1. The van der Waals surface area contributed by atoms with Gasteiger partial charge in [0.05, 0.1) is 16.1 Å². The van der Waals surface area contributed by atoms with E-state index in [9.17, 15) is 5.11 Å². The van der Waals surface area contributed by atoms with Crippen molar-refractivity contribution in [2.45, 2.75) is 12.1 Å². The van der Waals surface area contributed by atoms with Crippen molar-refractivity contribution in [3.05, 3.63) is 87.9 Å². The minimum Gasteiger partial charge on any atom is -0.491 e. The van der Waals surface area contributed by atoms with Crippen LogP contribution in [0.5, 0.6) is 5.75 Å². The summed E-state index contributed by atoms with van der Waals surface area (Å²) in [6, 6.07) is 21.9. The van der Waals surface area contributed by atoms with E-state index in [2.05, 4.69) is 41.7 Å². The van der Waals surface area contributed by atoms with Crippen molar-refractivity contribution in [1.29, 1.82) is 0 Å². The molecule has 0 saturated heterocycles. The Morgan fingerprint density at radius 3 is 2.15 bits per heavy atom. The number of rotatable bonds is 6. The van der Waals surface area contributed by atoms with E-state index >= 15 is 0 Å². The molecule has 138 valence electrons. The molecule has 0 aliphatic heterocycles. The molecule has 0 spiro atoms. The average molecular weight is 400 g/mol. The van der Waals surface area contributed by atoms with Crippen molar-refractivity contribution in [2.24, 2.45) is 0 Å². The summed E-state index contributed by atoms with van der Waals surface area (Å²) in [6.45, 7) is 0.579. The van der Waals surface area contributed by atoms with Crippen molar-refractivity contribution in [1.82, 2.24) is 5.32 Å². The van der Waals surface area contributed by atoms with Crippen LogP contribution in [0, 0.1) is 0 Å². The van der Waals surface area contributed by atoms with Crippen molar-refractivity contribution >= 4 is 23.2 Å². The number of halogens is 2. The number of benzene rings is 3. The van der Waals surface area contributed by atoms with Gasteiger partial charge in [-0.25, -0.2) is 0 Å². The molecule has 0 fully saturated rings. The second-order valence-electron chi connectivity index (χ2n) is 6.56. The topological polar surface area (TPSA) is 41.5 Å². The molecule has 1 aliphatic rings. The van der Waals surface area contributed by atoms with Crippen LogP contribution in [0.25, 0.3) is 11.1 Å². The molecule has 2 N–H and O–H groups in total. The first kappa shape index (κ1) is 18.3. The van der Waals surface area contributed by atoms with Crippen LogP contribution < -0.4 is 10.1 Å². The third-order valence-corrected chi connectivity index (χ3v) is 5.46. The normalized spacial score (nSPS) is 13.9. The second kappa shape index (κ2) is 7.91. The fraction of sp³-hybridized carbons (Fsp3) is 0.182. The van der Waals surface area contributed by atoms with Gasteiger partial charge in [-0.05, 0) is 34.4 Å². The van der Waals surface area contributed by atoms with Crippen LogP contribution in [0.15, 0.2) is 66.7 Å². The number of nitrogens with one attached hydrogen (secondary N) is 1. The van der Waals surface area contributed by atoms with Crippen LogP contribution in [0.3, 0.4) is 0 Å². The van der Waals surface area contributed by atoms with Gasteiger partial charge in [-0.1, -0.05) is 71.7 Å². The molecule has 1 unspecified atom stereocenters. The number of ether oxygens (including phenoxy) is 1. The number of hydrogen-bond acceptors (Lipinski definition) is 3. The minimum atomic E-state index is -0.653. The summed E-state index contributed by atoms with van der Waals surface area (Å²) in [5, 5.41) is 14.7. The quantitative estimate of drug-likeness (QED) is 0.606. The highest BCUT2D eigenvalue weighted by Crippen LogP contribution is 2.42. The van der Waals surface area contributed by atoms with Crippen molar-refractivity contribution in [2.75, 3.05) is 13.2 Å². The van der Waals surface area contributed by atoms with Gasteiger partial charge in [-0.15, -0.1) is 0 Å². The fourth-order valence-electron chi connectivity index (χ4n) is 3.45. The first-order valence-corrected chi connectivity index (χ1v) is 9.56. The summed E-state index contributed by atoms with van der Waals surface area (Å²) in [4.78, 5) is 0. The molecule has 1 aliphatic carbocycles. The summed E-state index contributed by atoms with van der Waals surface area (Å²) in [5.41, 5.74) is 4.95. The maximum Gasteiger partial charge on any atom is 0.121 e. The lowest BCUT2D eigenvalue weighted by atomic mass is 10.1. The van der Waals surface area contributed by atoms with Gasteiger partial charge >= 0.3 is 0 Å². The Labute approximate surface area is 168 Å². The predicted octanol–water partition coefficient (Wildman–Crippen LogP) is 5.09. The first-order chi connectivity index (χ1) is 13.1. The van der Waals surface area contributed by atoms with Crippen LogP contribution in [-0.2, 0) is 0 Å². The lowest BCUT2D eigenvalue weighted by molar-refractivity contribution is 0.105. The standard InChI is InChI=1S/C22H19Cl2NO2/c23-20-10-9-15(11-21(20)24)27-13-14(26)12-25-22-18-7-3-1-5-16(18)17-6-2-4-8-19(17)22/h1-11,14,22,25-26H,12-13H2. The first-order valence-electron chi connectivity index (χ1n) is 8.81. The molecule has 3 nitrogen and oxygen atoms in total. The Morgan fingerprint density at radius 2 is 1.52 bits per heavy atom. The molecule has 0 radical (unpaired) electrons. The van der Waals surface area contributed by atoms with E-state index in [0.29, 0.717) is 22.3 Å². The zero-order chi connectivity index (χ0) is 18.8. The molecule has 0 bridgehead atoms. The van der Waals surface area contributed by atoms with E-state index in [1.165, 1.54) is 22.3 Å². The molecule has 5 heteroatoms. The number of hydrogen-bond donors (Lipinski definition) is 2. The van der Waals surface area contributed by atoms with Crippen LogP contribution >= 0.6 is 23.2 Å². The van der Waals surface area contributed by atoms with E-state index in [4.69, 9.17) is 27.9 Å². The lowest BCUT2D eigenvalue weighted by Gasteiger charge is -2.19. The minimum absolute atomic E-state index is 0.0667. The highest BCUT2D eigenvalue weighted by Gasteiger charge is 2.27. The Kier molecular flexibility index (Phi) is 5.37. The van der Waals surface area contributed by atoms with Gasteiger partial charge in [0.2, 0.25) is 0 Å². The van der Waals surface area contributed by atoms with Gasteiger partial charge in [0.1, 0.15) is 18.5 Å². The Hall–Kier alpha value is -2.04. The summed E-state index contributed by atoms with van der Waals surface area (Å²) in [7, 11) is 0. The third kappa shape index (κ3) is 3.83. The van der Waals surface area contributed by atoms with Crippen molar-refractivity contribution in [3.63, 3.8) is 0 Å². The van der Waals surface area contributed by atoms with Gasteiger partial charge in [-0.3, -0.25) is 0 Å². The molecule has 3 aromatic carbocycles. The van der Waals surface area contributed by atoms with E-state index in [-0.39, 0.29) is 12.6 Å². The van der Waals surface area contributed by atoms with Gasteiger partial charge in [0.25, 0.3) is 0 Å². The molecule has 4 rings (SSSR count). The zero-order valence-electron chi connectivity index (χ0n) is 14.5. The van der Waals surface area contributed by atoms with Crippen LogP contribution in [0.2, 0.25) is 10.0 Å². The Bertz CT molecular complexity index is 915. The maximum absolute atomic E-state index is 10.3. The number of aliphatic hydroxyl groups excluding tert-OH is 1. The number of aliphatic hydroxyl groups is 1.